The fourth-order valence-corrected chi connectivity index (χ4v) is 1.45. The molecule has 0 bridgehead atoms. The van der Waals surface area contributed by atoms with Crippen LogP contribution < -0.4 is 5.30 Å². The minimum atomic E-state index is -2.98. The average molecular weight is 187 g/mol. The zero-order valence-electron chi connectivity index (χ0n) is 5.93. The number of para-hydroxylation sites is 1. The summed E-state index contributed by atoms with van der Waals surface area (Å²) >= 11 is 0. The molecule has 1 aromatic carbocycles. The van der Waals surface area contributed by atoms with Crippen molar-refractivity contribution in [3.63, 3.8) is 0 Å². The fraction of sp³-hybridized carbons (Fsp3) is 0. The Morgan fingerprint density at radius 2 is 2.00 bits per heavy atom. The second kappa shape index (κ2) is 3.47. The summed E-state index contributed by atoms with van der Waals surface area (Å²) in [5.74, 6) is 0. The summed E-state index contributed by atoms with van der Waals surface area (Å²) in [5.41, 5.74) is -0.302. The molecule has 1 aromatic rings. The molecular formula is C6H6NO4P. The lowest BCUT2D eigenvalue weighted by molar-refractivity contribution is -0.383. The van der Waals surface area contributed by atoms with Crippen LogP contribution in [0.1, 0.15) is 0 Å². The third kappa shape index (κ3) is 1.69. The Morgan fingerprint density at radius 1 is 1.42 bits per heavy atom. The molecule has 0 fully saturated rings. The van der Waals surface area contributed by atoms with Crippen LogP contribution in [0.3, 0.4) is 0 Å². The van der Waals surface area contributed by atoms with Gasteiger partial charge in [0.15, 0.2) is 0 Å². The summed E-state index contributed by atoms with van der Waals surface area (Å²) in [6, 6.07) is 5.42. The Balaban J connectivity index is 3.27. The zero-order chi connectivity index (χ0) is 9.14. The minimum Gasteiger partial charge on any atom is -0.343 e. The molecule has 5 nitrogen and oxygen atoms in total. The molecule has 1 rings (SSSR count). The van der Waals surface area contributed by atoms with Gasteiger partial charge in [-0.15, -0.1) is 0 Å². The lowest BCUT2D eigenvalue weighted by Crippen LogP contribution is -2.03. The van der Waals surface area contributed by atoms with Crippen molar-refractivity contribution >= 4 is 19.0 Å². The van der Waals surface area contributed by atoms with Crippen LogP contribution in [0.4, 0.5) is 5.69 Å². The number of nitro groups is 1. The molecule has 1 N–H and O–H groups in total. The number of nitro benzene ring substituents is 1. The van der Waals surface area contributed by atoms with Crippen molar-refractivity contribution in [1.29, 1.82) is 0 Å². The Kier molecular flexibility index (Phi) is 2.58. The quantitative estimate of drug-likeness (QED) is 0.419. The van der Waals surface area contributed by atoms with Crippen LogP contribution in [-0.4, -0.2) is 9.82 Å². The molecule has 0 aliphatic rings. The van der Waals surface area contributed by atoms with Gasteiger partial charge in [0.05, 0.1) is 4.92 Å². The van der Waals surface area contributed by atoms with Crippen molar-refractivity contribution in [3.05, 3.63) is 34.4 Å². The molecule has 0 aromatic heterocycles. The van der Waals surface area contributed by atoms with Crippen LogP contribution in [0.15, 0.2) is 24.3 Å². The van der Waals surface area contributed by atoms with E-state index in [0.717, 1.165) is 0 Å². The average Bonchev–Trinajstić information content (AvgIpc) is 2.04. The van der Waals surface area contributed by atoms with Gasteiger partial charge in [-0.3, -0.25) is 14.7 Å². The number of hydrogen-bond acceptors (Lipinski definition) is 3. The summed E-state index contributed by atoms with van der Waals surface area (Å²) in [6.45, 7) is 0. The molecule has 6 heteroatoms. The van der Waals surface area contributed by atoms with Crippen LogP contribution in [-0.2, 0) is 4.57 Å². The Bertz CT molecular complexity index is 305. The maximum absolute atomic E-state index is 10.6. The van der Waals surface area contributed by atoms with Gasteiger partial charge < -0.3 is 4.89 Å². The first-order valence-corrected chi connectivity index (χ1v) is 4.45. The smallest absolute Gasteiger partial charge is 0.282 e. The van der Waals surface area contributed by atoms with Gasteiger partial charge in [-0.05, 0) is 6.07 Å². The van der Waals surface area contributed by atoms with Crippen LogP contribution in [0, 0.1) is 10.1 Å². The standard InChI is InChI=1S/C6H6NO4P/c8-7(9)5-3-1-2-4-6(5)12(10)11/h1-4,12H,(H,10,11). The van der Waals surface area contributed by atoms with Crippen LogP contribution in [0.2, 0.25) is 0 Å². The summed E-state index contributed by atoms with van der Waals surface area (Å²) in [6.07, 6.45) is 0. The highest BCUT2D eigenvalue weighted by atomic mass is 31.1. The van der Waals surface area contributed by atoms with E-state index in [4.69, 9.17) is 4.89 Å². The fourth-order valence-electron chi connectivity index (χ4n) is 0.814. The molecule has 0 aliphatic heterocycles. The second-order valence-electron chi connectivity index (χ2n) is 2.08. The normalized spacial score (nSPS) is 12.4. The Hall–Kier alpha value is -1.19. The molecular weight excluding hydrogens is 181 g/mol. The zero-order valence-corrected chi connectivity index (χ0v) is 6.93. The van der Waals surface area contributed by atoms with E-state index >= 15 is 0 Å². The van der Waals surface area contributed by atoms with E-state index in [2.05, 4.69) is 0 Å². The van der Waals surface area contributed by atoms with Gasteiger partial charge in [-0.2, -0.15) is 0 Å². The lowest BCUT2D eigenvalue weighted by Gasteiger charge is -1.96. The molecule has 0 heterocycles. The maximum Gasteiger partial charge on any atom is 0.282 e. The van der Waals surface area contributed by atoms with Crippen molar-refractivity contribution in [3.8, 4) is 0 Å². The Morgan fingerprint density at radius 3 is 2.42 bits per heavy atom. The minimum absolute atomic E-state index is 0.104. The second-order valence-corrected chi connectivity index (χ2v) is 3.23. The van der Waals surface area contributed by atoms with Gasteiger partial charge in [0, 0.05) is 6.07 Å². The summed E-state index contributed by atoms with van der Waals surface area (Å²) in [5, 5.41) is 10.2. The van der Waals surface area contributed by atoms with Crippen LogP contribution in [0.5, 0.6) is 0 Å². The molecule has 0 saturated heterocycles. The van der Waals surface area contributed by atoms with E-state index in [1.807, 2.05) is 0 Å². The van der Waals surface area contributed by atoms with Gasteiger partial charge in [0.1, 0.15) is 5.30 Å². The SMILES string of the molecule is O=[N+]([O-])c1ccccc1[PH](=O)O. The molecule has 12 heavy (non-hydrogen) atoms. The molecule has 0 amide bonds. The summed E-state index contributed by atoms with van der Waals surface area (Å²) in [7, 11) is -2.98. The monoisotopic (exact) mass is 187 g/mol. The van der Waals surface area contributed by atoms with Crippen molar-refractivity contribution in [1.82, 2.24) is 0 Å². The van der Waals surface area contributed by atoms with Gasteiger partial charge in [0.2, 0.25) is 8.03 Å². The third-order valence-electron chi connectivity index (χ3n) is 1.33. The number of rotatable bonds is 2. The lowest BCUT2D eigenvalue weighted by atomic mass is 10.3. The van der Waals surface area contributed by atoms with Gasteiger partial charge in [-0.1, -0.05) is 12.1 Å². The summed E-state index contributed by atoms with van der Waals surface area (Å²) < 4.78 is 10.6. The highest BCUT2D eigenvalue weighted by molar-refractivity contribution is 7.47. The predicted molar refractivity (Wildman–Crippen MR) is 44.0 cm³/mol. The highest BCUT2D eigenvalue weighted by Gasteiger charge is 2.15. The van der Waals surface area contributed by atoms with Gasteiger partial charge >= 0.3 is 0 Å². The van der Waals surface area contributed by atoms with Crippen molar-refractivity contribution in [2.75, 3.05) is 0 Å². The molecule has 0 spiro atoms. The van der Waals surface area contributed by atoms with Gasteiger partial charge in [-0.25, -0.2) is 0 Å². The van der Waals surface area contributed by atoms with Crippen molar-refractivity contribution in [2.24, 2.45) is 0 Å². The topological polar surface area (TPSA) is 80.4 Å². The largest absolute Gasteiger partial charge is 0.343 e. The maximum atomic E-state index is 10.6. The number of nitrogens with zero attached hydrogens (tertiary/aromatic N) is 1. The molecule has 0 radical (unpaired) electrons. The highest BCUT2D eigenvalue weighted by Crippen LogP contribution is 2.20. The van der Waals surface area contributed by atoms with E-state index in [0.29, 0.717) is 0 Å². The van der Waals surface area contributed by atoms with E-state index < -0.39 is 13.0 Å². The predicted octanol–water partition coefficient (Wildman–Crippen LogP) is 0.687. The Labute approximate surface area is 68.7 Å². The third-order valence-corrected chi connectivity index (χ3v) is 2.21. The molecule has 0 saturated carbocycles. The van der Waals surface area contributed by atoms with Crippen molar-refractivity contribution < 1.29 is 14.4 Å². The summed E-state index contributed by atoms with van der Waals surface area (Å²) in [4.78, 5) is 18.3. The first-order chi connectivity index (χ1) is 5.63. The number of benzene rings is 1. The van der Waals surface area contributed by atoms with Crippen molar-refractivity contribution in [2.45, 2.75) is 0 Å². The van der Waals surface area contributed by atoms with Gasteiger partial charge in [0.25, 0.3) is 5.69 Å². The first-order valence-electron chi connectivity index (χ1n) is 3.09. The molecule has 1 unspecified atom stereocenters. The van der Waals surface area contributed by atoms with Crippen LogP contribution in [0.25, 0.3) is 0 Å². The number of hydrogen-bond donors (Lipinski definition) is 1. The van der Waals surface area contributed by atoms with E-state index in [1.165, 1.54) is 24.3 Å². The van der Waals surface area contributed by atoms with E-state index in [-0.39, 0.29) is 11.0 Å². The molecule has 64 valence electrons. The molecule has 1 atom stereocenters. The van der Waals surface area contributed by atoms with E-state index in [1.54, 1.807) is 0 Å². The first kappa shape index (κ1) is 8.90. The van der Waals surface area contributed by atoms with E-state index in [9.17, 15) is 14.7 Å². The molecule has 0 aliphatic carbocycles. The van der Waals surface area contributed by atoms with Crippen LogP contribution >= 0.6 is 8.03 Å².